The van der Waals surface area contributed by atoms with Crippen LogP contribution in [0.2, 0.25) is 0 Å². The van der Waals surface area contributed by atoms with Gasteiger partial charge in [-0.1, -0.05) is 43.7 Å². The molecule has 0 fully saturated rings. The molecule has 0 heterocycles. The Morgan fingerprint density at radius 2 is 1.81 bits per heavy atom. The van der Waals surface area contributed by atoms with Crippen LogP contribution in [0.5, 0.6) is 0 Å². The third-order valence-electron chi connectivity index (χ3n) is 2.89. The lowest BCUT2D eigenvalue weighted by Crippen LogP contribution is -2.38. The number of Topliss-reactive ketones (excluding diaryl/α,β-unsaturated/α-hetero) is 1. The Bertz CT molecular complexity index is 463. The minimum atomic E-state index is -0.646. The van der Waals surface area contributed by atoms with E-state index in [2.05, 4.69) is 5.32 Å². The molecule has 0 spiro atoms. The number of amides is 1. The molecule has 0 unspecified atom stereocenters. The number of carbonyl (C=O) groups is 2. The second kappa shape index (κ2) is 7.81. The first kappa shape index (κ1) is 17.2. The standard InChI is InChI=1S/C17H25NO3/c1-5-6-12-14(19)15(13-10-8-7-9-11-13)18-16(20)21-17(2,3)4/h7-11,15H,5-6,12H2,1-4H3,(H,18,20)/t15-/m0/s1. The molecule has 116 valence electrons. The monoisotopic (exact) mass is 291 g/mol. The van der Waals surface area contributed by atoms with E-state index in [1.807, 2.05) is 37.3 Å². The van der Waals surface area contributed by atoms with Gasteiger partial charge in [-0.15, -0.1) is 0 Å². The number of hydrogen-bond donors (Lipinski definition) is 1. The smallest absolute Gasteiger partial charge is 0.408 e. The topological polar surface area (TPSA) is 55.4 Å². The van der Waals surface area contributed by atoms with Crippen molar-refractivity contribution in [3.8, 4) is 0 Å². The molecule has 0 radical (unpaired) electrons. The average molecular weight is 291 g/mol. The predicted octanol–water partition coefficient (Wildman–Crippen LogP) is 4.01. The van der Waals surface area contributed by atoms with Crippen molar-refractivity contribution >= 4 is 11.9 Å². The second-order valence-electron chi connectivity index (χ2n) is 6.06. The van der Waals surface area contributed by atoms with Gasteiger partial charge in [-0.3, -0.25) is 4.79 Å². The highest BCUT2D eigenvalue weighted by Gasteiger charge is 2.25. The van der Waals surface area contributed by atoms with E-state index in [1.54, 1.807) is 20.8 Å². The maximum absolute atomic E-state index is 12.3. The first-order chi connectivity index (χ1) is 9.83. The van der Waals surface area contributed by atoms with Crippen LogP contribution in [0.15, 0.2) is 30.3 Å². The number of ether oxygens (including phenoxy) is 1. The van der Waals surface area contributed by atoms with Crippen molar-refractivity contribution in [2.24, 2.45) is 0 Å². The Morgan fingerprint density at radius 3 is 2.33 bits per heavy atom. The van der Waals surface area contributed by atoms with E-state index in [-0.39, 0.29) is 5.78 Å². The van der Waals surface area contributed by atoms with Crippen LogP contribution in [0.25, 0.3) is 0 Å². The highest BCUT2D eigenvalue weighted by atomic mass is 16.6. The van der Waals surface area contributed by atoms with Crippen molar-refractivity contribution in [1.82, 2.24) is 5.32 Å². The van der Waals surface area contributed by atoms with E-state index in [0.717, 1.165) is 18.4 Å². The summed E-state index contributed by atoms with van der Waals surface area (Å²) in [5.74, 6) is 0.00825. The molecule has 0 saturated heterocycles. The predicted molar refractivity (Wildman–Crippen MR) is 83.1 cm³/mol. The lowest BCUT2D eigenvalue weighted by molar-refractivity contribution is -0.121. The van der Waals surface area contributed by atoms with E-state index in [9.17, 15) is 9.59 Å². The van der Waals surface area contributed by atoms with Crippen LogP contribution in [-0.4, -0.2) is 17.5 Å². The van der Waals surface area contributed by atoms with Gasteiger partial charge >= 0.3 is 6.09 Å². The van der Waals surface area contributed by atoms with Crippen molar-refractivity contribution in [2.45, 2.75) is 58.6 Å². The normalized spacial score (nSPS) is 12.6. The maximum atomic E-state index is 12.3. The van der Waals surface area contributed by atoms with Crippen molar-refractivity contribution in [3.63, 3.8) is 0 Å². The fourth-order valence-corrected chi connectivity index (χ4v) is 1.92. The van der Waals surface area contributed by atoms with Crippen LogP contribution in [0.4, 0.5) is 4.79 Å². The number of alkyl carbamates (subject to hydrolysis) is 1. The molecule has 0 saturated carbocycles. The fraction of sp³-hybridized carbons (Fsp3) is 0.529. The molecule has 0 aliphatic carbocycles. The summed E-state index contributed by atoms with van der Waals surface area (Å²) >= 11 is 0. The number of hydrogen-bond acceptors (Lipinski definition) is 3. The summed E-state index contributed by atoms with van der Waals surface area (Å²) in [6.45, 7) is 7.42. The zero-order valence-corrected chi connectivity index (χ0v) is 13.3. The molecule has 4 nitrogen and oxygen atoms in total. The van der Waals surface area contributed by atoms with Crippen molar-refractivity contribution in [3.05, 3.63) is 35.9 Å². The SMILES string of the molecule is CCCCC(=O)[C@@H](NC(=O)OC(C)(C)C)c1ccccc1. The van der Waals surface area contributed by atoms with Gasteiger partial charge in [-0.05, 0) is 32.8 Å². The summed E-state index contributed by atoms with van der Waals surface area (Å²) in [5, 5.41) is 2.69. The van der Waals surface area contributed by atoms with Crippen LogP contribution < -0.4 is 5.32 Å². The molecule has 0 aromatic heterocycles. The molecule has 1 aromatic rings. The van der Waals surface area contributed by atoms with Crippen LogP contribution >= 0.6 is 0 Å². The third-order valence-corrected chi connectivity index (χ3v) is 2.89. The fourth-order valence-electron chi connectivity index (χ4n) is 1.92. The van der Waals surface area contributed by atoms with Crippen LogP contribution in [0.1, 0.15) is 58.6 Å². The Labute approximate surface area is 126 Å². The van der Waals surface area contributed by atoms with Gasteiger partial charge in [0.1, 0.15) is 11.6 Å². The van der Waals surface area contributed by atoms with Gasteiger partial charge < -0.3 is 10.1 Å². The molecule has 21 heavy (non-hydrogen) atoms. The molecule has 1 N–H and O–H groups in total. The number of carbonyl (C=O) groups excluding carboxylic acids is 2. The van der Waals surface area contributed by atoms with E-state index in [1.165, 1.54) is 0 Å². The lowest BCUT2D eigenvalue weighted by atomic mass is 9.99. The first-order valence-corrected chi connectivity index (χ1v) is 7.40. The van der Waals surface area contributed by atoms with Gasteiger partial charge in [0.05, 0.1) is 0 Å². The number of unbranched alkanes of at least 4 members (excludes halogenated alkanes) is 1. The minimum absolute atomic E-state index is 0.00825. The Morgan fingerprint density at radius 1 is 1.19 bits per heavy atom. The average Bonchev–Trinajstić information content (AvgIpc) is 2.41. The van der Waals surface area contributed by atoms with Crippen molar-refractivity contribution in [1.29, 1.82) is 0 Å². The molecular weight excluding hydrogens is 266 g/mol. The van der Waals surface area contributed by atoms with Gasteiger partial charge in [-0.25, -0.2) is 4.79 Å². The molecule has 0 aliphatic rings. The van der Waals surface area contributed by atoms with Gasteiger partial charge in [0.15, 0.2) is 5.78 Å². The molecule has 0 aliphatic heterocycles. The van der Waals surface area contributed by atoms with Crippen molar-refractivity contribution in [2.75, 3.05) is 0 Å². The number of benzene rings is 1. The highest BCUT2D eigenvalue weighted by molar-refractivity contribution is 5.88. The Hall–Kier alpha value is -1.84. The molecule has 1 atom stereocenters. The summed E-state index contributed by atoms with van der Waals surface area (Å²) in [7, 11) is 0. The Kier molecular flexibility index (Phi) is 6.40. The van der Waals surface area contributed by atoms with Crippen molar-refractivity contribution < 1.29 is 14.3 Å². The van der Waals surface area contributed by atoms with Gasteiger partial charge in [0, 0.05) is 6.42 Å². The summed E-state index contributed by atoms with van der Waals surface area (Å²) in [5.41, 5.74) is 0.196. The molecule has 1 rings (SSSR count). The van der Waals surface area contributed by atoms with E-state index >= 15 is 0 Å². The third kappa shape index (κ3) is 6.43. The summed E-state index contributed by atoms with van der Waals surface area (Å²) in [4.78, 5) is 24.3. The quantitative estimate of drug-likeness (QED) is 0.861. The molecule has 0 bridgehead atoms. The lowest BCUT2D eigenvalue weighted by Gasteiger charge is -2.23. The maximum Gasteiger partial charge on any atom is 0.408 e. The number of nitrogens with one attached hydrogen (secondary N) is 1. The molecule has 1 aromatic carbocycles. The van der Waals surface area contributed by atoms with Gasteiger partial charge in [-0.2, -0.15) is 0 Å². The molecule has 4 heteroatoms. The first-order valence-electron chi connectivity index (χ1n) is 7.40. The minimum Gasteiger partial charge on any atom is -0.444 e. The van der Waals surface area contributed by atoms with E-state index in [0.29, 0.717) is 6.42 Å². The number of rotatable bonds is 6. The van der Waals surface area contributed by atoms with Gasteiger partial charge in [0.25, 0.3) is 0 Å². The van der Waals surface area contributed by atoms with Gasteiger partial charge in [0.2, 0.25) is 0 Å². The summed E-state index contributed by atoms with van der Waals surface area (Å²) < 4.78 is 5.24. The second-order valence-corrected chi connectivity index (χ2v) is 6.06. The van der Waals surface area contributed by atoms with Crippen LogP contribution in [-0.2, 0) is 9.53 Å². The Balaban J connectivity index is 2.82. The zero-order chi connectivity index (χ0) is 15.9. The molecule has 1 amide bonds. The van der Waals surface area contributed by atoms with E-state index in [4.69, 9.17) is 4.74 Å². The zero-order valence-electron chi connectivity index (χ0n) is 13.3. The highest BCUT2D eigenvalue weighted by Crippen LogP contribution is 2.18. The number of ketones is 1. The van der Waals surface area contributed by atoms with Crippen LogP contribution in [0, 0.1) is 0 Å². The van der Waals surface area contributed by atoms with E-state index < -0.39 is 17.7 Å². The summed E-state index contributed by atoms with van der Waals surface area (Å²) in [6.07, 6.45) is 1.64. The van der Waals surface area contributed by atoms with Crippen LogP contribution in [0.3, 0.4) is 0 Å². The largest absolute Gasteiger partial charge is 0.444 e. The molecular formula is C17H25NO3. The summed E-state index contributed by atoms with van der Waals surface area (Å²) in [6, 6.07) is 8.62.